The molecule has 1 saturated heterocycles. The molecule has 1 heterocycles. The van der Waals surface area contributed by atoms with E-state index in [0.717, 1.165) is 18.4 Å². The van der Waals surface area contributed by atoms with Crippen LogP contribution in [0.15, 0.2) is 54.6 Å². The number of ether oxygens (including phenoxy) is 1. The highest BCUT2D eigenvalue weighted by Gasteiger charge is 2.53. The van der Waals surface area contributed by atoms with Crippen molar-refractivity contribution in [3.8, 4) is 0 Å². The first-order chi connectivity index (χ1) is 14.9. The lowest BCUT2D eigenvalue weighted by Crippen LogP contribution is -2.57. The maximum atomic E-state index is 13.5. The van der Waals surface area contributed by atoms with Gasteiger partial charge in [0.2, 0.25) is 5.91 Å². The number of nitrogens with zero attached hydrogens (tertiary/aromatic N) is 1. The number of benzene rings is 2. The fourth-order valence-corrected chi connectivity index (χ4v) is 4.65. The molecule has 2 fully saturated rings. The van der Waals surface area contributed by atoms with Crippen molar-refractivity contribution in [2.24, 2.45) is 5.92 Å². The van der Waals surface area contributed by atoms with Gasteiger partial charge in [0, 0.05) is 5.56 Å². The molecule has 164 valence electrons. The third kappa shape index (κ3) is 4.35. The summed E-state index contributed by atoms with van der Waals surface area (Å²) in [7, 11) is 0. The fraction of sp³-hybridized carbons (Fsp3) is 0.440. The summed E-state index contributed by atoms with van der Waals surface area (Å²) in [5.41, 5.74) is 0.571. The van der Waals surface area contributed by atoms with E-state index in [0.29, 0.717) is 24.3 Å². The van der Waals surface area contributed by atoms with E-state index in [4.69, 9.17) is 4.74 Å². The van der Waals surface area contributed by atoms with Crippen molar-refractivity contribution < 1.29 is 18.7 Å². The highest BCUT2D eigenvalue weighted by Crippen LogP contribution is 2.43. The van der Waals surface area contributed by atoms with E-state index in [9.17, 15) is 14.0 Å². The van der Waals surface area contributed by atoms with Crippen LogP contribution in [0.2, 0.25) is 0 Å². The van der Waals surface area contributed by atoms with Crippen LogP contribution in [0.25, 0.3) is 0 Å². The van der Waals surface area contributed by atoms with E-state index in [1.165, 1.54) is 24.3 Å². The van der Waals surface area contributed by atoms with E-state index in [1.54, 1.807) is 4.90 Å². The van der Waals surface area contributed by atoms with Gasteiger partial charge in [-0.15, -0.1) is 0 Å². The summed E-state index contributed by atoms with van der Waals surface area (Å²) in [5, 5.41) is 3.04. The Hall–Kier alpha value is -2.73. The number of rotatable bonds is 4. The molecule has 2 aromatic carbocycles. The van der Waals surface area contributed by atoms with E-state index in [1.807, 2.05) is 37.3 Å². The van der Waals surface area contributed by atoms with Crippen molar-refractivity contribution in [1.82, 2.24) is 10.2 Å². The number of hydrogen-bond acceptors (Lipinski definition) is 3. The first-order valence-corrected chi connectivity index (χ1v) is 11.0. The summed E-state index contributed by atoms with van der Waals surface area (Å²) in [6.07, 6.45) is 3.25. The third-order valence-electron chi connectivity index (χ3n) is 6.59. The lowest BCUT2D eigenvalue weighted by atomic mass is 9.83. The predicted molar refractivity (Wildman–Crippen MR) is 116 cm³/mol. The molecule has 1 aliphatic heterocycles. The Morgan fingerprint density at radius 2 is 1.74 bits per heavy atom. The molecule has 1 saturated carbocycles. The Morgan fingerprint density at radius 1 is 1.10 bits per heavy atom. The van der Waals surface area contributed by atoms with Crippen molar-refractivity contribution in [2.75, 3.05) is 6.61 Å². The summed E-state index contributed by atoms with van der Waals surface area (Å²) in [5.74, 6) is -0.369. The molecule has 2 atom stereocenters. The maximum Gasteiger partial charge on any atom is 0.256 e. The van der Waals surface area contributed by atoms with Gasteiger partial charge in [-0.05, 0) is 68.4 Å². The second kappa shape index (κ2) is 8.79. The van der Waals surface area contributed by atoms with Crippen LogP contribution in [-0.2, 0) is 9.53 Å². The first kappa shape index (κ1) is 21.5. The van der Waals surface area contributed by atoms with Crippen molar-refractivity contribution in [2.45, 2.75) is 57.3 Å². The van der Waals surface area contributed by atoms with Gasteiger partial charge in [0.05, 0.1) is 12.6 Å². The summed E-state index contributed by atoms with van der Waals surface area (Å²) >= 11 is 0. The highest BCUT2D eigenvalue weighted by molar-refractivity contribution is 5.98. The van der Waals surface area contributed by atoms with Gasteiger partial charge < -0.3 is 10.1 Å². The van der Waals surface area contributed by atoms with Gasteiger partial charge in [0.1, 0.15) is 17.6 Å². The zero-order valence-electron chi connectivity index (χ0n) is 18.0. The van der Waals surface area contributed by atoms with Crippen LogP contribution >= 0.6 is 0 Å². The molecule has 0 bridgehead atoms. The molecule has 0 unspecified atom stereocenters. The number of carbonyl (C=O) groups excluding carboxylic acids is 2. The van der Waals surface area contributed by atoms with Crippen molar-refractivity contribution in [3.63, 3.8) is 0 Å². The summed E-state index contributed by atoms with van der Waals surface area (Å²) in [6.45, 7) is 4.28. The van der Waals surface area contributed by atoms with E-state index >= 15 is 0 Å². The Balaban J connectivity index is 1.60. The molecule has 1 spiro atoms. The van der Waals surface area contributed by atoms with E-state index < -0.39 is 17.6 Å². The molecule has 31 heavy (non-hydrogen) atoms. The van der Waals surface area contributed by atoms with Crippen LogP contribution in [-0.4, -0.2) is 35.1 Å². The SMILES string of the molecule is CC1CCC2(CC1)OC[C@@H](C(=O)N[C@@H](C)c1ccccc1)N2C(=O)c1ccc(F)cc1. The predicted octanol–water partition coefficient (Wildman–Crippen LogP) is 4.45. The monoisotopic (exact) mass is 424 g/mol. The highest BCUT2D eigenvalue weighted by atomic mass is 19.1. The second-order valence-corrected chi connectivity index (χ2v) is 8.78. The van der Waals surface area contributed by atoms with Crippen LogP contribution in [0.5, 0.6) is 0 Å². The summed E-state index contributed by atoms with van der Waals surface area (Å²) in [4.78, 5) is 28.4. The first-order valence-electron chi connectivity index (χ1n) is 11.0. The van der Waals surface area contributed by atoms with Crippen LogP contribution in [0, 0.1) is 11.7 Å². The van der Waals surface area contributed by atoms with Crippen LogP contribution in [0.3, 0.4) is 0 Å². The minimum Gasteiger partial charge on any atom is -0.353 e. The molecular formula is C25H29FN2O3. The number of halogens is 1. The maximum absolute atomic E-state index is 13.5. The van der Waals surface area contributed by atoms with Crippen LogP contribution in [0.4, 0.5) is 4.39 Å². The number of hydrogen-bond donors (Lipinski definition) is 1. The molecule has 6 heteroatoms. The van der Waals surface area contributed by atoms with Gasteiger partial charge >= 0.3 is 0 Å². The normalized spacial score (nSPS) is 26.6. The largest absolute Gasteiger partial charge is 0.353 e. The topological polar surface area (TPSA) is 58.6 Å². The molecular weight excluding hydrogens is 395 g/mol. The number of carbonyl (C=O) groups is 2. The smallest absolute Gasteiger partial charge is 0.256 e. The number of amides is 2. The minimum atomic E-state index is -0.782. The van der Waals surface area contributed by atoms with E-state index in [-0.39, 0.29) is 24.5 Å². The molecule has 5 nitrogen and oxygen atoms in total. The standard InChI is InChI=1S/C25H29FN2O3/c1-17-12-14-25(15-13-17)28(24(30)20-8-10-21(26)11-9-20)22(16-31-25)23(29)27-18(2)19-6-4-3-5-7-19/h3-11,17-18,22H,12-16H2,1-2H3,(H,27,29)/t17?,18-,22-,25?/m0/s1. The molecule has 2 aliphatic rings. The zero-order valence-corrected chi connectivity index (χ0v) is 18.0. The Bertz CT molecular complexity index is 924. The van der Waals surface area contributed by atoms with Crippen LogP contribution in [0.1, 0.15) is 61.5 Å². The average molecular weight is 425 g/mol. The van der Waals surface area contributed by atoms with Crippen LogP contribution < -0.4 is 5.32 Å². The van der Waals surface area contributed by atoms with Gasteiger partial charge in [-0.2, -0.15) is 0 Å². The molecule has 1 aliphatic carbocycles. The molecule has 2 aromatic rings. The lowest BCUT2D eigenvalue weighted by Gasteiger charge is -2.43. The molecule has 4 rings (SSSR count). The second-order valence-electron chi connectivity index (χ2n) is 8.78. The molecule has 0 radical (unpaired) electrons. The minimum absolute atomic E-state index is 0.161. The molecule has 1 N–H and O–H groups in total. The van der Waals surface area contributed by atoms with Gasteiger partial charge in [0.25, 0.3) is 5.91 Å². The number of nitrogens with one attached hydrogen (secondary N) is 1. The molecule has 2 amide bonds. The molecule has 0 aromatic heterocycles. The Morgan fingerprint density at radius 3 is 2.39 bits per heavy atom. The zero-order chi connectivity index (χ0) is 22.0. The van der Waals surface area contributed by atoms with Crippen molar-refractivity contribution in [3.05, 3.63) is 71.5 Å². The van der Waals surface area contributed by atoms with Crippen molar-refractivity contribution >= 4 is 11.8 Å². The lowest BCUT2D eigenvalue weighted by molar-refractivity contribution is -0.128. The summed E-state index contributed by atoms with van der Waals surface area (Å²) < 4.78 is 19.6. The average Bonchev–Trinajstić information content (AvgIpc) is 3.15. The summed E-state index contributed by atoms with van der Waals surface area (Å²) in [6, 6.07) is 14.3. The van der Waals surface area contributed by atoms with Gasteiger partial charge in [0.15, 0.2) is 0 Å². The fourth-order valence-electron chi connectivity index (χ4n) is 4.65. The van der Waals surface area contributed by atoms with Gasteiger partial charge in [-0.3, -0.25) is 14.5 Å². The third-order valence-corrected chi connectivity index (χ3v) is 6.59. The van der Waals surface area contributed by atoms with Crippen molar-refractivity contribution in [1.29, 1.82) is 0 Å². The van der Waals surface area contributed by atoms with Gasteiger partial charge in [-0.1, -0.05) is 37.3 Å². The Labute approximate surface area is 182 Å². The van der Waals surface area contributed by atoms with Gasteiger partial charge in [-0.25, -0.2) is 4.39 Å². The Kier molecular flexibility index (Phi) is 6.10. The van der Waals surface area contributed by atoms with E-state index in [2.05, 4.69) is 12.2 Å². The quantitative estimate of drug-likeness (QED) is 0.789.